The van der Waals surface area contributed by atoms with Gasteiger partial charge in [0.2, 0.25) is 0 Å². The molecule has 0 amide bonds. The molecule has 2 atom stereocenters. The second kappa shape index (κ2) is 8.85. The fourth-order valence-electron chi connectivity index (χ4n) is 1.33. The van der Waals surface area contributed by atoms with E-state index in [-0.39, 0.29) is 17.1 Å². The number of hydrogen-bond acceptors (Lipinski definition) is 3. The van der Waals surface area contributed by atoms with E-state index in [1.165, 1.54) is 0 Å². The molecule has 0 aromatic carbocycles. The van der Waals surface area contributed by atoms with Crippen molar-refractivity contribution in [2.75, 3.05) is 12.4 Å². The van der Waals surface area contributed by atoms with Crippen molar-refractivity contribution < 1.29 is 13.9 Å². The first-order valence-electron chi connectivity index (χ1n) is 5.91. The number of carbonyl (C=O) groups is 1. The molecule has 0 spiro atoms. The maximum absolute atomic E-state index is 12.6. The molecule has 16 heavy (non-hydrogen) atoms. The summed E-state index contributed by atoms with van der Waals surface area (Å²) >= 11 is 1.58. The summed E-state index contributed by atoms with van der Waals surface area (Å²) in [5, 5.41) is -0.116. The number of thioether (sulfide) groups is 1. The number of hydrogen-bond donors (Lipinski definition) is 0. The normalized spacial score (nSPS) is 14.9. The Morgan fingerprint density at radius 3 is 2.44 bits per heavy atom. The van der Waals surface area contributed by atoms with E-state index in [9.17, 15) is 9.18 Å². The smallest absolute Gasteiger partial charge is 0.319 e. The van der Waals surface area contributed by atoms with E-state index < -0.39 is 6.17 Å². The lowest BCUT2D eigenvalue weighted by Crippen LogP contribution is -2.26. The van der Waals surface area contributed by atoms with Crippen LogP contribution < -0.4 is 0 Å². The molecular formula is C12H23FO2S. The second-order valence-corrected chi connectivity index (χ2v) is 5.46. The van der Waals surface area contributed by atoms with Crippen molar-refractivity contribution in [3.05, 3.63) is 0 Å². The van der Waals surface area contributed by atoms with Crippen LogP contribution in [0.4, 0.5) is 4.39 Å². The minimum Gasteiger partial charge on any atom is -0.465 e. The van der Waals surface area contributed by atoms with Gasteiger partial charge in [-0.3, -0.25) is 4.79 Å². The maximum Gasteiger partial charge on any atom is 0.319 e. The van der Waals surface area contributed by atoms with Gasteiger partial charge in [-0.25, -0.2) is 4.39 Å². The molecule has 0 bridgehead atoms. The van der Waals surface area contributed by atoms with E-state index in [2.05, 4.69) is 0 Å². The van der Waals surface area contributed by atoms with Gasteiger partial charge in [0, 0.05) is 0 Å². The summed E-state index contributed by atoms with van der Waals surface area (Å²) in [5.41, 5.74) is 0. The summed E-state index contributed by atoms with van der Waals surface area (Å²) in [7, 11) is 0. The van der Waals surface area contributed by atoms with Crippen LogP contribution in [0.5, 0.6) is 0 Å². The molecule has 0 rings (SSSR count). The minimum absolute atomic E-state index is 0.116. The predicted octanol–water partition coefficient (Wildman–Crippen LogP) is 3.45. The monoisotopic (exact) mass is 250 g/mol. The lowest BCUT2D eigenvalue weighted by molar-refractivity contribution is -0.143. The van der Waals surface area contributed by atoms with Crippen molar-refractivity contribution in [3.63, 3.8) is 0 Å². The molecule has 2 unspecified atom stereocenters. The molecule has 0 aliphatic heterocycles. The Balaban J connectivity index is 3.90. The molecule has 2 nitrogen and oxygen atoms in total. The first-order chi connectivity index (χ1) is 7.49. The third-order valence-electron chi connectivity index (χ3n) is 2.17. The number of halogens is 1. The maximum atomic E-state index is 12.6. The van der Waals surface area contributed by atoms with Crippen LogP contribution in [0.3, 0.4) is 0 Å². The number of esters is 1. The second-order valence-electron chi connectivity index (χ2n) is 4.21. The molecule has 0 aliphatic rings. The number of ether oxygens (including phenoxy) is 1. The highest BCUT2D eigenvalue weighted by Crippen LogP contribution is 2.22. The highest BCUT2D eigenvalue weighted by molar-refractivity contribution is 8.00. The Morgan fingerprint density at radius 1 is 1.38 bits per heavy atom. The zero-order valence-electron chi connectivity index (χ0n) is 10.7. The van der Waals surface area contributed by atoms with Crippen LogP contribution in [-0.2, 0) is 9.53 Å². The summed E-state index contributed by atoms with van der Waals surface area (Å²) in [6, 6.07) is 0. The van der Waals surface area contributed by atoms with Gasteiger partial charge in [-0.15, -0.1) is 11.8 Å². The number of carbonyl (C=O) groups excluding carboxylic acids is 1. The van der Waals surface area contributed by atoms with Crippen molar-refractivity contribution in [1.29, 1.82) is 0 Å². The van der Waals surface area contributed by atoms with Gasteiger partial charge in [0.15, 0.2) is 0 Å². The fourth-order valence-corrected chi connectivity index (χ4v) is 2.51. The molecule has 0 aromatic rings. The number of alkyl halides is 1. The molecule has 96 valence electrons. The van der Waals surface area contributed by atoms with Gasteiger partial charge >= 0.3 is 5.97 Å². The first-order valence-corrected chi connectivity index (χ1v) is 6.96. The largest absolute Gasteiger partial charge is 0.465 e. The standard InChI is InChI=1S/C12H23FO2S/c1-5-15-12(14)11(9(2)3)16-8-6-7-10(4)13/h9-11H,5-8H2,1-4H3. The Bertz CT molecular complexity index is 195. The van der Waals surface area contributed by atoms with E-state index in [4.69, 9.17) is 4.74 Å². The van der Waals surface area contributed by atoms with Gasteiger partial charge in [0.25, 0.3) is 0 Å². The number of rotatable bonds is 8. The van der Waals surface area contributed by atoms with Gasteiger partial charge in [0.05, 0.1) is 12.8 Å². The Hall–Kier alpha value is -0.250. The topological polar surface area (TPSA) is 26.3 Å². The van der Waals surface area contributed by atoms with E-state index >= 15 is 0 Å². The van der Waals surface area contributed by atoms with Gasteiger partial charge in [0.1, 0.15) is 5.25 Å². The predicted molar refractivity (Wildman–Crippen MR) is 67.5 cm³/mol. The summed E-state index contributed by atoms with van der Waals surface area (Å²) in [4.78, 5) is 11.6. The fraction of sp³-hybridized carbons (Fsp3) is 0.917. The highest BCUT2D eigenvalue weighted by atomic mass is 32.2. The SMILES string of the molecule is CCOC(=O)C(SCCCC(C)F)C(C)C. The van der Waals surface area contributed by atoms with Gasteiger partial charge in [-0.1, -0.05) is 13.8 Å². The van der Waals surface area contributed by atoms with Crippen molar-refractivity contribution in [3.8, 4) is 0 Å². The van der Waals surface area contributed by atoms with Crippen LogP contribution in [0.25, 0.3) is 0 Å². The Kier molecular flexibility index (Phi) is 8.71. The molecule has 0 aliphatic carbocycles. The molecule has 0 fully saturated rings. The summed E-state index contributed by atoms with van der Waals surface area (Å²) in [6.07, 6.45) is 0.631. The molecule has 0 saturated carbocycles. The van der Waals surface area contributed by atoms with Crippen LogP contribution in [0.1, 0.15) is 40.5 Å². The van der Waals surface area contributed by atoms with Crippen LogP contribution in [-0.4, -0.2) is 29.8 Å². The lowest BCUT2D eigenvalue weighted by atomic mass is 10.1. The highest BCUT2D eigenvalue weighted by Gasteiger charge is 2.23. The molecule has 0 heterocycles. The van der Waals surface area contributed by atoms with Crippen molar-refractivity contribution in [1.82, 2.24) is 0 Å². The lowest BCUT2D eigenvalue weighted by Gasteiger charge is -2.18. The van der Waals surface area contributed by atoms with Crippen LogP contribution in [0.15, 0.2) is 0 Å². The van der Waals surface area contributed by atoms with Crippen LogP contribution in [0.2, 0.25) is 0 Å². The first kappa shape index (κ1) is 15.8. The summed E-state index contributed by atoms with van der Waals surface area (Å²) in [6.45, 7) is 7.81. The molecule has 4 heteroatoms. The molecule has 0 radical (unpaired) electrons. The van der Waals surface area contributed by atoms with E-state index in [0.717, 1.165) is 12.2 Å². The van der Waals surface area contributed by atoms with Gasteiger partial charge < -0.3 is 4.74 Å². The average molecular weight is 250 g/mol. The zero-order valence-corrected chi connectivity index (χ0v) is 11.5. The molecule has 0 N–H and O–H groups in total. The van der Waals surface area contributed by atoms with E-state index in [1.807, 2.05) is 20.8 Å². The third kappa shape index (κ3) is 7.09. The van der Waals surface area contributed by atoms with Crippen molar-refractivity contribution >= 4 is 17.7 Å². The molecule has 0 aromatic heterocycles. The third-order valence-corrected chi connectivity index (χ3v) is 3.79. The Labute approximate surface area is 102 Å². The van der Waals surface area contributed by atoms with Crippen molar-refractivity contribution in [2.24, 2.45) is 5.92 Å². The molecule has 0 saturated heterocycles. The summed E-state index contributed by atoms with van der Waals surface area (Å²) in [5.74, 6) is 0.929. The molecular weight excluding hydrogens is 227 g/mol. The minimum atomic E-state index is -0.749. The van der Waals surface area contributed by atoms with E-state index in [1.54, 1.807) is 18.7 Å². The zero-order chi connectivity index (χ0) is 12.6. The quantitative estimate of drug-likeness (QED) is 0.487. The Morgan fingerprint density at radius 2 is 2.00 bits per heavy atom. The summed E-state index contributed by atoms with van der Waals surface area (Å²) < 4.78 is 17.6. The average Bonchev–Trinajstić information content (AvgIpc) is 2.16. The van der Waals surface area contributed by atoms with Crippen LogP contribution in [0, 0.1) is 5.92 Å². The van der Waals surface area contributed by atoms with Crippen molar-refractivity contribution in [2.45, 2.75) is 52.0 Å². The van der Waals surface area contributed by atoms with Gasteiger partial charge in [-0.05, 0) is 38.4 Å². The van der Waals surface area contributed by atoms with E-state index in [0.29, 0.717) is 13.0 Å². The van der Waals surface area contributed by atoms with Crippen LogP contribution >= 0.6 is 11.8 Å². The van der Waals surface area contributed by atoms with Gasteiger partial charge in [-0.2, -0.15) is 0 Å².